The molecule has 1 aromatic carbocycles. The first kappa shape index (κ1) is 10.4. The van der Waals surface area contributed by atoms with E-state index >= 15 is 0 Å². The topological polar surface area (TPSA) is 20.2 Å². The molecule has 0 aliphatic carbocycles. The molecule has 14 heavy (non-hydrogen) atoms. The summed E-state index contributed by atoms with van der Waals surface area (Å²) in [6.07, 6.45) is 2.03. The van der Waals surface area contributed by atoms with Gasteiger partial charge in [-0.05, 0) is 17.9 Å². The van der Waals surface area contributed by atoms with Gasteiger partial charge in [0.2, 0.25) is 0 Å². The molecule has 1 heterocycles. The number of hydrogen-bond donors (Lipinski definition) is 2. The Kier molecular flexibility index (Phi) is 3.07. The van der Waals surface area contributed by atoms with E-state index in [1.165, 1.54) is 10.1 Å². The third-order valence-corrected chi connectivity index (χ3v) is 4.48. The normalized spacial score (nSPS) is 11.1. The van der Waals surface area contributed by atoms with Crippen LogP contribution in [0.5, 0.6) is 0 Å². The molecule has 0 aliphatic rings. The number of thiophene rings is 1. The van der Waals surface area contributed by atoms with Crippen LogP contribution >= 0.6 is 35.7 Å². The molecule has 0 aliphatic heterocycles. The summed E-state index contributed by atoms with van der Waals surface area (Å²) < 4.78 is 1.23. The summed E-state index contributed by atoms with van der Waals surface area (Å²) in [5.41, 5.74) is 0.985. The smallest absolute Gasteiger partial charge is 0.0692 e. The fourth-order valence-corrected chi connectivity index (χ4v) is 3.74. The van der Waals surface area contributed by atoms with E-state index in [4.69, 9.17) is 0 Å². The average Bonchev–Trinajstić information content (AvgIpc) is 2.59. The molecule has 0 saturated heterocycles. The van der Waals surface area contributed by atoms with Crippen LogP contribution in [0.3, 0.4) is 0 Å². The summed E-state index contributed by atoms with van der Waals surface area (Å²) in [5.74, 6) is 0. The Morgan fingerprint density at radius 1 is 1.50 bits per heavy atom. The molecule has 0 unspecified atom stereocenters. The van der Waals surface area contributed by atoms with Crippen molar-refractivity contribution in [2.45, 2.75) is 16.4 Å². The van der Waals surface area contributed by atoms with Gasteiger partial charge in [-0.1, -0.05) is 6.07 Å². The minimum atomic E-state index is 0.0924. The number of hydrogen-bond acceptors (Lipinski definition) is 4. The molecule has 0 bridgehead atoms. The molecule has 0 fully saturated rings. The van der Waals surface area contributed by atoms with Gasteiger partial charge >= 0.3 is 0 Å². The van der Waals surface area contributed by atoms with Crippen LogP contribution in [0.1, 0.15) is 5.56 Å². The molecule has 1 N–H and O–H groups in total. The summed E-state index contributed by atoms with van der Waals surface area (Å²) in [7, 11) is 0. The molecule has 0 saturated carbocycles. The van der Waals surface area contributed by atoms with E-state index in [2.05, 4.69) is 12.6 Å². The van der Waals surface area contributed by atoms with Crippen LogP contribution in [0.2, 0.25) is 0 Å². The number of thioether (sulfide) groups is 1. The Balaban J connectivity index is 2.81. The van der Waals surface area contributed by atoms with E-state index in [-0.39, 0.29) is 6.61 Å². The first-order chi connectivity index (χ1) is 6.77. The number of aliphatic hydroxyl groups excluding tert-OH is 1. The van der Waals surface area contributed by atoms with Crippen LogP contribution in [0.25, 0.3) is 10.1 Å². The van der Waals surface area contributed by atoms with E-state index in [0.717, 1.165) is 15.4 Å². The monoisotopic (exact) mass is 242 g/mol. The second kappa shape index (κ2) is 4.14. The predicted octanol–water partition coefficient (Wildman–Crippen LogP) is 3.40. The van der Waals surface area contributed by atoms with Crippen molar-refractivity contribution in [3.05, 3.63) is 23.1 Å². The van der Waals surface area contributed by atoms with Crippen LogP contribution in [-0.4, -0.2) is 11.4 Å². The van der Waals surface area contributed by atoms with E-state index < -0.39 is 0 Å². The van der Waals surface area contributed by atoms with Gasteiger partial charge in [0.15, 0.2) is 0 Å². The van der Waals surface area contributed by atoms with Gasteiger partial charge in [-0.15, -0.1) is 35.7 Å². The molecule has 0 atom stereocenters. The zero-order valence-corrected chi connectivity index (χ0v) is 10.2. The molecule has 2 aromatic rings. The number of fused-ring (bicyclic) bond motifs is 1. The molecular formula is C10H10OS3. The summed E-state index contributed by atoms with van der Waals surface area (Å²) in [6, 6.07) is 4.03. The number of thiol groups is 1. The summed E-state index contributed by atoms with van der Waals surface area (Å²) in [5, 5.41) is 12.4. The molecule has 4 heteroatoms. The van der Waals surface area contributed by atoms with Crippen LogP contribution < -0.4 is 0 Å². The third kappa shape index (κ3) is 1.56. The molecule has 2 rings (SSSR count). The number of aliphatic hydroxyl groups is 1. The quantitative estimate of drug-likeness (QED) is 0.622. The van der Waals surface area contributed by atoms with E-state index in [1.807, 2.05) is 23.8 Å². The van der Waals surface area contributed by atoms with Crippen LogP contribution in [-0.2, 0) is 6.61 Å². The summed E-state index contributed by atoms with van der Waals surface area (Å²) >= 11 is 7.78. The van der Waals surface area contributed by atoms with Gasteiger partial charge in [-0.3, -0.25) is 0 Å². The Hall–Kier alpha value is -0.160. The maximum atomic E-state index is 9.20. The van der Waals surface area contributed by atoms with Gasteiger partial charge in [0.05, 0.1) is 6.61 Å². The van der Waals surface area contributed by atoms with E-state index in [9.17, 15) is 5.11 Å². The van der Waals surface area contributed by atoms with E-state index in [0.29, 0.717) is 0 Å². The average molecular weight is 242 g/mol. The first-order valence-corrected chi connectivity index (χ1v) is 6.70. The van der Waals surface area contributed by atoms with Crippen molar-refractivity contribution >= 4 is 45.8 Å². The van der Waals surface area contributed by atoms with Gasteiger partial charge < -0.3 is 5.11 Å². The molecule has 0 amide bonds. The van der Waals surface area contributed by atoms with Gasteiger partial charge in [-0.2, -0.15) is 0 Å². The zero-order chi connectivity index (χ0) is 10.1. The largest absolute Gasteiger partial charge is 0.392 e. The fourth-order valence-electron chi connectivity index (χ4n) is 1.48. The number of rotatable bonds is 2. The van der Waals surface area contributed by atoms with Crippen molar-refractivity contribution < 1.29 is 5.11 Å². The minimum Gasteiger partial charge on any atom is -0.392 e. The molecular weight excluding hydrogens is 232 g/mol. The maximum Gasteiger partial charge on any atom is 0.0692 e. The number of benzene rings is 1. The molecule has 74 valence electrons. The molecule has 0 radical (unpaired) electrons. The lowest BCUT2D eigenvalue weighted by Gasteiger charge is -2.06. The van der Waals surface area contributed by atoms with Crippen molar-refractivity contribution in [2.24, 2.45) is 0 Å². The Morgan fingerprint density at radius 2 is 2.29 bits per heavy atom. The molecule has 1 nitrogen and oxygen atoms in total. The Labute approximate surface area is 96.6 Å². The maximum absolute atomic E-state index is 9.20. The van der Waals surface area contributed by atoms with Crippen molar-refractivity contribution in [1.29, 1.82) is 0 Å². The fraction of sp³-hybridized carbons (Fsp3) is 0.200. The summed E-state index contributed by atoms with van der Waals surface area (Å²) in [6.45, 7) is 0.0924. The van der Waals surface area contributed by atoms with E-state index in [1.54, 1.807) is 23.1 Å². The highest BCUT2D eigenvalue weighted by Crippen LogP contribution is 2.37. The Morgan fingerprint density at radius 3 is 2.93 bits per heavy atom. The van der Waals surface area contributed by atoms with Gasteiger partial charge in [0, 0.05) is 25.3 Å². The lowest BCUT2D eigenvalue weighted by Crippen LogP contribution is -1.87. The van der Waals surface area contributed by atoms with Crippen LogP contribution in [0.15, 0.2) is 27.3 Å². The van der Waals surface area contributed by atoms with Crippen molar-refractivity contribution in [1.82, 2.24) is 0 Å². The van der Waals surface area contributed by atoms with Gasteiger partial charge in [-0.25, -0.2) is 0 Å². The van der Waals surface area contributed by atoms with Crippen LogP contribution in [0.4, 0.5) is 0 Å². The predicted molar refractivity (Wildman–Crippen MR) is 66.8 cm³/mol. The zero-order valence-electron chi connectivity index (χ0n) is 7.65. The SMILES string of the molecule is CSc1c(CO)ccc2scc(S)c12. The summed E-state index contributed by atoms with van der Waals surface area (Å²) in [4.78, 5) is 2.15. The van der Waals surface area contributed by atoms with Crippen molar-refractivity contribution in [3.63, 3.8) is 0 Å². The highest BCUT2D eigenvalue weighted by atomic mass is 32.2. The third-order valence-electron chi connectivity index (χ3n) is 2.13. The lowest BCUT2D eigenvalue weighted by atomic mass is 10.2. The van der Waals surface area contributed by atoms with Crippen molar-refractivity contribution in [2.75, 3.05) is 6.26 Å². The molecule has 0 spiro atoms. The van der Waals surface area contributed by atoms with Crippen LogP contribution in [0, 0.1) is 0 Å². The highest BCUT2D eigenvalue weighted by Gasteiger charge is 2.09. The minimum absolute atomic E-state index is 0.0924. The second-order valence-corrected chi connectivity index (χ2v) is 5.12. The molecule has 1 aromatic heterocycles. The van der Waals surface area contributed by atoms with Crippen molar-refractivity contribution in [3.8, 4) is 0 Å². The van der Waals surface area contributed by atoms with Gasteiger partial charge in [0.25, 0.3) is 0 Å². The Bertz CT molecular complexity index is 462. The lowest BCUT2D eigenvalue weighted by molar-refractivity contribution is 0.279. The standard InChI is InChI=1S/C10H10OS3/c1-13-10-6(4-11)2-3-8-9(10)7(12)5-14-8/h2-3,5,11-12H,4H2,1H3. The second-order valence-electron chi connectivity index (χ2n) is 2.91. The highest BCUT2D eigenvalue weighted by molar-refractivity contribution is 7.99. The first-order valence-electron chi connectivity index (χ1n) is 4.14. The van der Waals surface area contributed by atoms with Gasteiger partial charge in [0.1, 0.15) is 0 Å².